The molecule has 2 rings (SSSR count). The zero-order valence-electron chi connectivity index (χ0n) is 18.2. The van der Waals surface area contributed by atoms with Crippen molar-refractivity contribution in [2.24, 2.45) is 0 Å². The molecular formula is C23H32N2O3S. The molecule has 0 saturated carbocycles. The fraction of sp³-hybridized carbons (Fsp3) is 0.435. The molecule has 0 aliphatic rings. The predicted molar refractivity (Wildman–Crippen MR) is 120 cm³/mol. The third kappa shape index (κ3) is 5.60. The summed E-state index contributed by atoms with van der Waals surface area (Å²) in [6.07, 6.45) is 2.48. The summed E-state index contributed by atoms with van der Waals surface area (Å²) in [5, 5.41) is 3.00. The van der Waals surface area contributed by atoms with Gasteiger partial charge in [-0.05, 0) is 61.9 Å². The SMILES string of the molecule is CCc1ccc(C(C)NC(=O)C(CC)N(c2cc(C)ccc2C)S(C)(=O)=O)cc1. The van der Waals surface area contributed by atoms with Crippen LogP contribution in [0.4, 0.5) is 5.69 Å². The average Bonchev–Trinajstić information content (AvgIpc) is 2.67. The van der Waals surface area contributed by atoms with Crippen LogP contribution >= 0.6 is 0 Å². The Balaban J connectivity index is 2.34. The molecule has 0 bridgehead atoms. The van der Waals surface area contributed by atoms with Crippen molar-refractivity contribution in [2.75, 3.05) is 10.6 Å². The second kappa shape index (κ2) is 9.44. The molecule has 0 heterocycles. The van der Waals surface area contributed by atoms with Crippen LogP contribution < -0.4 is 9.62 Å². The molecule has 0 saturated heterocycles. The lowest BCUT2D eigenvalue weighted by atomic mass is 10.0. The Bertz CT molecular complexity index is 953. The predicted octanol–water partition coefficient (Wildman–Crippen LogP) is 4.29. The summed E-state index contributed by atoms with van der Waals surface area (Å²) in [5.41, 5.74) is 4.53. The molecule has 0 aliphatic heterocycles. The molecule has 6 heteroatoms. The van der Waals surface area contributed by atoms with E-state index in [0.717, 1.165) is 29.4 Å². The lowest BCUT2D eigenvalue weighted by molar-refractivity contribution is -0.122. The summed E-state index contributed by atoms with van der Waals surface area (Å²) in [6.45, 7) is 9.60. The minimum atomic E-state index is -3.65. The van der Waals surface area contributed by atoms with Crippen molar-refractivity contribution in [3.8, 4) is 0 Å². The Morgan fingerprint density at radius 2 is 1.69 bits per heavy atom. The van der Waals surface area contributed by atoms with Gasteiger partial charge in [-0.15, -0.1) is 0 Å². The molecule has 0 fully saturated rings. The third-order valence-electron chi connectivity index (χ3n) is 5.18. The van der Waals surface area contributed by atoms with Crippen LogP contribution in [0.2, 0.25) is 0 Å². The lowest BCUT2D eigenvalue weighted by Gasteiger charge is -2.32. The summed E-state index contributed by atoms with van der Waals surface area (Å²) in [6, 6.07) is 12.7. The number of nitrogens with one attached hydrogen (secondary N) is 1. The molecule has 5 nitrogen and oxygen atoms in total. The van der Waals surface area contributed by atoms with E-state index in [9.17, 15) is 13.2 Å². The molecule has 2 aromatic rings. The maximum Gasteiger partial charge on any atom is 0.244 e. The van der Waals surface area contributed by atoms with Gasteiger partial charge in [-0.25, -0.2) is 8.42 Å². The molecule has 158 valence electrons. The summed E-state index contributed by atoms with van der Waals surface area (Å²) in [7, 11) is -3.65. The highest BCUT2D eigenvalue weighted by atomic mass is 32.2. The number of amides is 1. The Morgan fingerprint density at radius 3 is 2.21 bits per heavy atom. The van der Waals surface area contributed by atoms with Crippen LogP contribution in [0.3, 0.4) is 0 Å². The standard InChI is InChI=1S/C23H32N2O3S/c1-7-19-11-13-20(14-12-19)18(5)24-23(26)21(8-2)25(29(6,27)28)22-15-16(3)9-10-17(22)4/h9-15,18,21H,7-8H2,1-6H3,(H,24,26). The van der Waals surface area contributed by atoms with Gasteiger partial charge in [0.15, 0.2) is 0 Å². The molecule has 0 aromatic heterocycles. The first-order valence-corrected chi connectivity index (χ1v) is 11.9. The second-order valence-electron chi connectivity index (χ2n) is 7.60. The van der Waals surface area contributed by atoms with E-state index in [1.807, 2.05) is 70.2 Å². The zero-order chi connectivity index (χ0) is 21.8. The fourth-order valence-corrected chi connectivity index (χ4v) is 4.69. The Morgan fingerprint density at radius 1 is 1.07 bits per heavy atom. The van der Waals surface area contributed by atoms with E-state index in [2.05, 4.69) is 12.2 Å². The number of sulfonamides is 1. The van der Waals surface area contributed by atoms with Crippen LogP contribution in [0.25, 0.3) is 0 Å². The summed E-state index contributed by atoms with van der Waals surface area (Å²) in [4.78, 5) is 13.1. The zero-order valence-corrected chi connectivity index (χ0v) is 19.0. The van der Waals surface area contributed by atoms with E-state index >= 15 is 0 Å². The van der Waals surface area contributed by atoms with Crippen molar-refractivity contribution in [3.05, 3.63) is 64.7 Å². The van der Waals surface area contributed by atoms with Crippen molar-refractivity contribution in [2.45, 2.75) is 59.5 Å². The maximum atomic E-state index is 13.1. The normalized spacial score (nSPS) is 13.6. The van der Waals surface area contributed by atoms with Crippen LogP contribution in [0.15, 0.2) is 42.5 Å². The smallest absolute Gasteiger partial charge is 0.244 e. The number of rotatable bonds is 8. The van der Waals surface area contributed by atoms with Crippen molar-refractivity contribution in [1.82, 2.24) is 5.32 Å². The van der Waals surface area contributed by atoms with Gasteiger partial charge in [0, 0.05) is 0 Å². The molecule has 2 aromatic carbocycles. The van der Waals surface area contributed by atoms with Gasteiger partial charge in [0.1, 0.15) is 6.04 Å². The Kier molecular flexibility index (Phi) is 7.47. The number of hydrogen-bond donors (Lipinski definition) is 1. The molecule has 0 radical (unpaired) electrons. The monoisotopic (exact) mass is 416 g/mol. The molecule has 2 atom stereocenters. The largest absolute Gasteiger partial charge is 0.348 e. The maximum absolute atomic E-state index is 13.1. The van der Waals surface area contributed by atoms with E-state index in [4.69, 9.17) is 0 Å². The number of carbonyl (C=O) groups is 1. The Labute approximate surface area is 175 Å². The van der Waals surface area contributed by atoms with E-state index < -0.39 is 16.1 Å². The van der Waals surface area contributed by atoms with Crippen LogP contribution in [-0.4, -0.2) is 26.6 Å². The molecular weight excluding hydrogens is 384 g/mol. The third-order valence-corrected chi connectivity index (χ3v) is 6.34. The topological polar surface area (TPSA) is 66.5 Å². The average molecular weight is 417 g/mol. The number of hydrogen-bond acceptors (Lipinski definition) is 3. The van der Waals surface area contributed by atoms with Crippen molar-refractivity contribution in [1.29, 1.82) is 0 Å². The number of nitrogens with zero attached hydrogens (tertiary/aromatic N) is 1. The van der Waals surface area contributed by atoms with Crippen LogP contribution in [-0.2, 0) is 21.2 Å². The highest BCUT2D eigenvalue weighted by molar-refractivity contribution is 7.92. The van der Waals surface area contributed by atoms with Crippen molar-refractivity contribution < 1.29 is 13.2 Å². The van der Waals surface area contributed by atoms with Gasteiger partial charge in [0.05, 0.1) is 18.0 Å². The van der Waals surface area contributed by atoms with E-state index in [1.165, 1.54) is 9.87 Å². The van der Waals surface area contributed by atoms with Crippen LogP contribution in [0, 0.1) is 13.8 Å². The lowest BCUT2D eigenvalue weighted by Crippen LogP contribution is -2.50. The van der Waals surface area contributed by atoms with E-state index in [1.54, 1.807) is 0 Å². The first-order chi connectivity index (χ1) is 13.6. The number of aryl methyl sites for hydroxylation is 3. The van der Waals surface area contributed by atoms with Gasteiger partial charge in [0.2, 0.25) is 15.9 Å². The highest BCUT2D eigenvalue weighted by Gasteiger charge is 2.33. The van der Waals surface area contributed by atoms with Gasteiger partial charge in [-0.2, -0.15) is 0 Å². The summed E-state index contributed by atoms with van der Waals surface area (Å²) < 4.78 is 26.6. The molecule has 1 N–H and O–H groups in total. The molecule has 29 heavy (non-hydrogen) atoms. The number of benzene rings is 2. The van der Waals surface area contributed by atoms with Gasteiger partial charge >= 0.3 is 0 Å². The quantitative estimate of drug-likeness (QED) is 0.698. The van der Waals surface area contributed by atoms with E-state index in [0.29, 0.717) is 12.1 Å². The summed E-state index contributed by atoms with van der Waals surface area (Å²) in [5.74, 6) is -0.300. The molecule has 0 aliphatic carbocycles. The first-order valence-electron chi connectivity index (χ1n) is 10.0. The summed E-state index contributed by atoms with van der Waals surface area (Å²) >= 11 is 0. The van der Waals surface area contributed by atoms with Crippen LogP contribution in [0.1, 0.15) is 55.5 Å². The minimum absolute atomic E-state index is 0.220. The fourth-order valence-electron chi connectivity index (χ4n) is 3.43. The number of carbonyl (C=O) groups excluding carboxylic acids is 1. The van der Waals surface area contributed by atoms with Crippen molar-refractivity contribution in [3.63, 3.8) is 0 Å². The molecule has 0 spiro atoms. The van der Waals surface area contributed by atoms with Gasteiger partial charge in [-0.1, -0.05) is 50.2 Å². The van der Waals surface area contributed by atoms with Gasteiger partial charge in [0.25, 0.3) is 0 Å². The highest BCUT2D eigenvalue weighted by Crippen LogP contribution is 2.28. The molecule has 2 unspecified atom stereocenters. The minimum Gasteiger partial charge on any atom is -0.348 e. The van der Waals surface area contributed by atoms with E-state index in [-0.39, 0.29) is 11.9 Å². The van der Waals surface area contributed by atoms with Crippen molar-refractivity contribution >= 4 is 21.6 Å². The molecule has 1 amide bonds. The van der Waals surface area contributed by atoms with Crippen LogP contribution in [0.5, 0.6) is 0 Å². The van der Waals surface area contributed by atoms with Gasteiger partial charge < -0.3 is 5.32 Å². The second-order valence-corrected chi connectivity index (χ2v) is 9.46. The first kappa shape index (κ1) is 22.9. The van der Waals surface area contributed by atoms with Gasteiger partial charge in [-0.3, -0.25) is 9.10 Å². The Hall–Kier alpha value is -2.34. The number of anilines is 1.